The Labute approximate surface area is 284 Å². The van der Waals surface area contributed by atoms with Crippen molar-refractivity contribution < 1.29 is 9.47 Å². The number of aromatic nitrogens is 6. The molecule has 0 N–H and O–H groups in total. The number of fused-ring (bicyclic) bond motifs is 6. The van der Waals surface area contributed by atoms with Gasteiger partial charge in [0.25, 0.3) is 5.56 Å². The Balaban J connectivity index is 1.28. The number of benzene rings is 1. The number of methoxy groups -OCH3 is 2. The molecule has 0 radical (unpaired) electrons. The molecule has 1 unspecified atom stereocenters. The van der Waals surface area contributed by atoms with Crippen LogP contribution in [0.3, 0.4) is 0 Å². The Morgan fingerprint density at radius 3 is 2.57 bits per heavy atom. The summed E-state index contributed by atoms with van der Waals surface area (Å²) in [7, 11) is 3.27. The van der Waals surface area contributed by atoms with E-state index in [0.29, 0.717) is 47.1 Å². The molecule has 2 aliphatic rings. The third-order valence-electron chi connectivity index (χ3n) is 9.21. The number of hydrogen-bond acceptors (Lipinski definition) is 11. The number of nitrogens with zero attached hydrogens (tertiary/aromatic N) is 6. The maximum absolute atomic E-state index is 14.6. The minimum Gasteiger partial charge on any atom is -0.493 e. The van der Waals surface area contributed by atoms with Crippen molar-refractivity contribution >= 4 is 54.9 Å². The lowest BCUT2D eigenvalue weighted by molar-refractivity contribution is 0.354. The van der Waals surface area contributed by atoms with E-state index in [2.05, 4.69) is 16.9 Å². The lowest BCUT2D eigenvalue weighted by atomic mass is 9.89. The van der Waals surface area contributed by atoms with Gasteiger partial charge in [-0.25, -0.2) is 19.9 Å². The number of hydrogen-bond donors (Lipinski definition) is 0. The monoisotopic (exact) mass is 682 g/mol. The van der Waals surface area contributed by atoms with Crippen molar-refractivity contribution in [1.82, 2.24) is 29.5 Å². The Morgan fingerprint density at radius 1 is 0.936 bits per heavy atom. The summed E-state index contributed by atoms with van der Waals surface area (Å²) in [6.07, 6.45) is 13.0. The molecule has 8 rings (SSSR count). The molecule has 6 aromatic rings. The van der Waals surface area contributed by atoms with E-state index in [1.54, 1.807) is 55.5 Å². The third-order valence-corrected chi connectivity index (χ3v) is 12.5. The number of thiophene rings is 2. The van der Waals surface area contributed by atoms with E-state index in [9.17, 15) is 4.79 Å². The summed E-state index contributed by atoms with van der Waals surface area (Å²) in [6.45, 7) is 2.76. The maximum Gasteiger partial charge on any atom is 0.263 e. The molecule has 240 valence electrons. The van der Waals surface area contributed by atoms with Gasteiger partial charge in [-0.05, 0) is 97.9 Å². The molecule has 9 nitrogen and oxygen atoms in total. The second-order valence-corrected chi connectivity index (χ2v) is 15.4. The summed E-state index contributed by atoms with van der Waals surface area (Å²) < 4.78 is 12.9. The van der Waals surface area contributed by atoms with E-state index >= 15 is 0 Å². The van der Waals surface area contributed by atoms with E-state index in [0.717, 1.165) is 69.5 Å². The van der Waals surface area contributed by atoms with Gasteiger partial charge in [0, 0.05) is 34.1 Å². The van der Waals surface area contributed by atoms with Crippen molar-refractivity contribution in [1.29, 1.82) is 0 Å². The van der Waals surface area contributed by atoms with Crippen molar-refractivity contribution in [3.63, 3.8) is 0 Å². The first-order valence-corrected chi connectivity index (χ1v) is 18.5. The van der Waals surface area contributed by atoms with Gasteiger partial charge < -0.3 is 9.47 Å². The van der Waals surface area contributed by atoms with Gasteiger partial charge in [-0.2, -0.15) is 0 Å². The van der Waals surface area contributed by atoms with Crippen LogP contribution in [0.5, 0.6) is 11.5 Å². The second kappa shape index (κ2) is 12.6. The van der Waals surface area contributed by atoms with Crippen LogP contribution in [0.1, 0.15) is 52.6 Å². The van der Waals surface area contributed by atoms with E-state index in [1.807, 2.05) is 22.8 Å². The molecular formula is C35H34N6O3S3. The third kappa shape index (κ3) is 5.59. The van der Waals surface area contributed by atoms with Gasteiger partial charge in [0.15, 0.2) is 22.5 Å². The second-order valence-electron chi connectivity index (χ2n) is 12.3. The largest absolute Gasteiger partial charge is 0.493 e. The predicted molar refractivity (Wildman–Crippen MR) is 188 cm³/mol. The quantitative estimate of drug-likeness (QED) is 0.121. The lowest BCUT2D eigenvalue weighted by Gasteiger charge is -2.18. The SMILES string of the molecule is COc1ccc(CCn2c(Sc3nc(-c4cnccn4)nc4sc5c(c34)CCCC5)nc3sc4c(c3c2=O)CCC(C)C4)cc1OC. The van der Waals surface area contributed by atoms with Gasteiger partial charge in [-0.1, -0.05) is 13.0 Å². The van der Waals surface area contributed by atoms with Gasteiger partial charge in [0.2, 0.25) is 0 Å². The highest BCUT2D eigenvalue weighted by atomic mass is 32.2. The molecule has 2 aliphatic carbocycles. The van der Waals surface area contributed by atoms with Gasteiger partial charge in [-0.15, -0.1) is 22.7 Å². The van der Waals surface area contributed by atoms with Crippen molar-refractivity contribution in [2.24, 2.45) is 5.92 Å². The molecule has 0 spiro atoms. The molecule has 0 fully saturated rings. The van der Waals surface area contributed by atoms with Gasteiger partial charge in [0.1, 0.15) is 20.4 Å². The van der Waals surface area contributed by atoms with Gasteiger partial charge in [-0.3, -0.25) is 14.3 Å². The topological polar surface area (TPSA) is 105 Å². The highest BCUT2D eigenvalue weighted by Gasteiger charge is 2.27. The molecule has 5 heterocycles. The normalized spacial score (nSPS) is 15.9. The van der Waals surface area contributed by atoms with E-state index < -0.39 is 0 Å². The van der Waals surface area contributed by atoms with Crippen LogP contribution in [0, 0.1) is 5.92 Å². The van der Waals surface area contributed by atoms with Crippen molar-refractivity contribution in [3.05, 3.63) is 73.6 Å². The first-order chi connectivity index (χ1) is 23.0. The fourth-order valence-electron chi connectivity index (χ4n) is 6.77. The maximum atomic E-state index is 14.6. The van der Waals surface area contributed by atoms with E-state index in [-0.39, 0.29) is 5.56 Å². The van der Waals surface area contributed by atoms with Crippen LogP contribution in [-0.2, 0) is 38.6 Å². The minimum absolute atomic E-state index is 0.0248. The van der Waals surface area contributed by atoms with Crippen LogP contribution < -0.4 is 15.0 Å². The Hall–Kier alpha value is -3.87. The molecule has 1 atom stereocenters. The average molecular weight is 683 g/mol. The molecule has 5 aromatic heterocycles. The zero-order chi connectivity index (χ0) is 32.1. The fourth-order valence-corrected chi connectivity index (χ4v) is 10.6. The van der Waals surface area contributed by atoms with Crippen LogP contribution in [0.25, 0.3) is 32.0 Å². The van der Waals surface area contributed by atoms with E-state index in [4.69, 9.17) is 24.4 Å². The summed E-state index contributed by atoms with van der Waals surface area (Å²) >= 11 is 4.92. The zero-order valence-electron chi connectivity index (χ0n) is 26.5. The Bertz CT molecular complexity index is 2190. The van der Waals surface area contributed by atoms with Crippen LogP contribution >= 0.6 is 34.4 Å². The molecule has 0 saturated heterocycles. The highest BCUT2D eigenvalue weighted by Crippen LogP contribution is 2.43. The highest BCUT2D eigenvalue weighted by molar-refractivity contribution is 7.99. The van der Waals surface area contributed by atoms with Crippen LogP contribution in [0.4, 0.5) is 0 Å². The molecule has 47 heavy (non-hydrogen) atoms. The number of rotatable bonds is 8. The first kappa shape index (κ1) is 30.5. The molecule has 0 bridgehead atoms. The summed E-state index contributed by atoms with van der Waals surface area (Å²) in [6, 6.07) is 5.92. The first-order valence-electron chi connectivity index (χ1n) is 16.0. The van der Waals surface area contributed by atoms with Crippen LogP contribution in [-0.4, -0.2) is 43.7 Å². The molecule has 0 aliphatic heterocycles. The standard InChI is InChI=1S/C35H34N6O3S3/c1-19-8-10-22-27(16-19)46-33-29(22)34(42)41(15-12-20-9-11-24(43-2)25(17-20)44-3)35(40-33)47-32-28-21-6-4-5-7-26(21)45-31(28)38-30(39-32)23-18-36-13-14-37-23/h9,11,13-14,17-19H,4-8,10,12,15-16H2,1-3H3. The van der Waals surface area contributed by atoms with Crippen LogP contribution in [0.15, 0.2) is 51.8 Å². The summed E-state index contributed by atoms with van der Waals surface area (Å²) in [5.74, 6) is 2.49. The minimum atomic E-state index is 0.0248. The van der Waals surface area contributed by atoms with Crippen LogP contribution in [0.2, 0.25) is 0 Å². The molecule has 0 amide bonds. The van der Waals surface area contributed by atoms with Crippen molar-refractivity contribution in [2.45, 2.75) is 75.0 Å². The Kier molecular flexibility index (Phi) is 8.18. The van der Waals surface area contributed by atoms with Gasteiger partial charge >= 0.3 is 0 Å². The fraction of sp³-hybridized carbons (Fsp3) is 0.371. The van der Waals surface area contributed by atoms with Crippen molar-refractivity contribution in [2.75, 3.05) is 14.2 Å². The smallest absolute Gasteiger partial charge is 0.263 e. The number of aryl methyl sites for hydroxylation is 4. The zero-order valence-corrected chi connectivity index (χ0v) is 29.0. The number of ether oxygens (including phenoxy) is 2. The predicted octanol–water partition coefficient (Wildman–Crippen LogP) is 7.33. The Morgan fingerprint density at radius 2 is 1.74 bits per heavy atom. The summed E-state index contributed by atoms with van der Waals surface area (Å²) in [5.41, 5.74) is 4.23. The molecule has 1 aromatic carbocycles. The van der Waals surface area contributed by atoms with Crippen molar-refractivity contribution in [3.8, 4) is 23.0 Å². The molecule has 12 heteroatoms. The average Bonchev–Trinajstić information content (AvgIpc) is 3.66. The molecule has 0 saturated carbocycles. The molecular weight excluding hydrogens is 649 g/mol. The van der Waals surface area contributed by atoms with Gasteiger partial charge in [0.05, 0.1) is 25.8 Å². The summed E-state index contributed by atoms with van der Waals surface area (Å²) in [5, 5.41) is 3.34. The summed E-state index contributed by atoms with van der Waals surface area (Å²) in [4.78, 5) is 43.2. The lowest BCUT2D eigenvalue weighted by Crippen LogP contribution is -2.25. The van der Waals surface area contributed by atoms with E-state index in [1.165, 1.54) is 39.1 Å².